The van der Waals surface area contributed by atoms with Crippen molar-refractivity contribution < 1.29 is 4.79 Å². The topological polar surface area (TPSA) is 29.1 Å². The Hall–Kier alpha value is -0.180. The summed E-state index contributed by atoms with van der Waals surface area (Å²) in [6.07, 6.45) is 7.36. The maximum atomic E-state index is 11.0. The van der Waals surface area contributed by atoms with Gasteiger partial charge in [-0.15, -0.1) is 0 Å². The van der Waals surface area contributed by atoms with Gasteiger partial charge in [0.1, 0.15) is 0 Å². The summed E-state index contributed by atoms with van der Waals surface area (Å²) in [5.41, 5.74) is 0. The van der Waals surface area contributed by atoms with Gasteiger partial charge >= 0.3 is 0 Å². The Morgan fingerprint density at radius 1 is 1.31 bits per heavy atom. The van der Waals surface area contributed by atoms with Gasteiger partial charge in [-0.05, 0) is 31.3 Å². The maximum absolute atomic E-state index is 11.0. The first-order chi connectivity index (χ1) is 6.31. The Kier molecular flexibility index (Phi) is 9.77. The van der Waals surface area contributed by atoms with E-state index in [1.165, 1.54) is 18.6 Å². The Morgan fingerprint density at radius 3 is 2.69 bits per heavy atom. The molecule has 13 heavy (non-hydrogen) atoms. The molecule has 3 heteroatoms. The van der Waals surface area contributed by atoms with Crippen molar-refractivity contribution in [3.05, 3.63) is 0 Å². The molecule has 0 rings (SSSR count). The largest absolute Gasteiger partial charge is 0.356 e. The van der Waals surface area contributed by atoms with E-state index in [0.717, 1.165) is 19.4 Å². The van der Waals surface area contributed by atoms with Crippen LogP contribution in [-0.2, 0) is 4.79 Å². The van der Waals surface area contributed by atoms with Crippen LogP contribution in [0.2, 0.25) is 0 Å². The highest BCUT2D eigenvalue weighted by Gasteiger charge is 1.96. The minimum atomic E-state index is 0.201. The van der Waals surface area contributed by atoms with Gasteiger partial charge in [0.25, 0.3) is 0 Å². The fraction of sp³-hybridized carbons (Fsp3) is 0.900. The molecule has 0 bridgehead atoms. The molecule has 0 aliphatic carbocycles. The van der Waals surface area contributed by atoms with Crippen LogP contribution >= 0.6 is 11.8 Å². The summed E-state index contributed by atoms with van der Waals surface area (Å²) in [6, 6.07) is 0. The molecule has 1 N–H and O–H groups in total. The highest BCUT2D eigenvalue weighted by Crippen LogP contribution is 2.01. The van der Waals surface area contributed by atoms with Gasteiger partial charge in [-0.3, -0.25) is 4.79 Å². The van der Waals surface area contributed by atoms with Crippen molar-refractivity contribution in [1.29, 1.82) is 0 Å². The highest BCUT2D eigenvalue weighted by molar-refractivity contribution is 7.98. The fourth-order valence-electron chi connectivity index (χ4n) is 1.09. The quantitative estimate of drug-likeness (QED) is 0.614. The first-order valence-corrected chi connectivity index (χ1v) is 6.46. The van der Waals surface area contributed by atoms with E-state index in [1.54, 1.807) is 0 Å². The molecule has 2 nitrogen and oxygen atoms in total. The molecular weight excluding hydrogens is 182 g/mol. The molecule has 1 amide bonds. The van der Waals surface area contributed by atoms with Crippen LogP contribution in [0.5, 0.6) is 0 Å². The Labute approximate surface area is 85.9 Å². The lowest BCUT2D eigenvalue weighted by Gasteiger charge is -2.03. The average molecular weight is 203 g/mol. The van der Waals surface area contributed by atoms with Crippen LogP contribution in [0.1, 0.15) is 39.0 Å². The standard InChI is InChI=1S/C10H21NOS/c1-3-7-10(12)11-8-5-4-6-9-13-2/h3-9H2,1-2H3,(H,11,12). The van der Waals surface area contributed by atoms with Crippen molar-refractivity contribution in [1.82, 2.24) is 5.32 Å². The number of rotatable bonds is 8. The van der Waals surface area contributed by atoms with Crippen LogP contribution < -0.4 is 5.32 Å². The summed E-state index contributed by atoms with van der Waals surface area (Å²) in [5.74, 6) is 1.44. The van der Waals surface area contributed by atoms with E-state index < -0.39 is 0 Å². The number of carbonyl (C=O) groups is 1. The lowest BCUT2D eigenvalue weighted by Crippen LogP contribution is -2.23. The molecule has 0 radical (unpaired) electrons. The molecule has 0 aliphatic heterocycles. The molecule has 0 atom stereocenters. The number of amides is 1. The summed E-state index contributed by atoms with van der Waals surface area (Å²) in [4.78, 5) is 11.0. The number of hydrogen-bond donors (Lipinski definition) is 1. The van der Waals surface area contributed by atoms with Gasteiger partial charge in [-0.25, -0.2) is 0 Å². The van der Waals surface area contributed by atoms with Crippen molar-refractivity contribution in [2.45, 2.75) is 39.0 Å². The first kappa shape index (κ1) is 12.8. The van der Waals surface area contributed by atoms with Crippen LogP contribution in [0, 0.1) is 0 Å². The van der Waals surface area contributed by atoms with Gasteiger partial charge in [0.05, 0.1) is 0 Å². The number of hydrogen-bond acceptors (Lipinski definition) is 2. The molecule has 0 aliphatic rings. The third-order valence-electron chi connectivity index (χ3n) is 1.82. The predicted molar refractivity (Wildman–Crippen MR) is 60.2 cm³/mol. The van der Waals surface area contributed by atoms with Crippen molar-refractivity contribution in [2.75, 3.05) is 18.6 Å². The van der Waals surface area contributed by atoms with Crippen LogP contribution in [0.25, 0.3) is 0 Å². The van der Waals surface area contributed by atoms with Crippen molar-refractivity contribution in [3.63, 3.8) is 0 Å². The molecule has 0 fully saturated rings. The number of carbonyl (C=O) groups excluding carboxylic acids is 1. The zero-order valence-electron chi connectivity index (χ0n) is 8.77. The number of unbranched alkanes of at least 4 members (excludes halogenated alkanes) is 2. The highest BCUT2D eigenvalue weighted by atomic mass is 32.2. The smallest absolute Gasteiger partial charge is 0.219 e. The van der Waals surface area contributed by atoms with Crippen LogP contribution in [0.3, 0.4) is 0 Å². The minimum Gasteiger partial charge on any atom is -0.356 e. The molecule has 0 saturated carbocycles. The van der Waals surface area contributed by atoms with E-state index in [2.05, 4.69) is 11.6 Å². The van der Waals surface area contributed by atoms with Gasteiger partial charge in [-0.2, -0.15) is 11.8 Å². The van der Waals surface area contributed by atoms with Gasteiger partial charge < -0.3 is 5.32 Å². The van der Waals surface area contributed by atoms with E-state index in [1.807, 2.05) is 18.7 Å². The minimum absolute atomic E-state index is 0.201. The molecule has 0 heterocycles. The normalized spacial score (nSPS) is 10.0. The fourth-order valence-corrected chi connectivity index (χ4v) is 1.58. The van der Waals surface area contributed by atoms with Crippen LogP contribution in [0.4, 0.5) is 0 Å². The lowest BCUT2D eigenvalue weighted by atomic mass is 10.2. The van der Waals surface area contributed by atoms with Crippen molar-refractivity contribution in [3.8, 4) is 0 Å². The molecule has 0 unspecified atom stereocenters. The second-order valence-electron chi connectivity index (χ2n) is 3.15. The first-order valence-electron chi connectivity index (χ1n) is 5.07. The van der Waals surface area contributed by atoms with Gasteiger partial charge in [0.15, 0.2) is 0 Å². The monoisotopic (exact) mass is 203 g/mol. The molecule has 0 saturated heterocycles. The SMILES string of the molecule is CCCC(=O)NCCCCCSC. The Bertz CT molecular complexity index is 128. The van der Waals surface area contributed by atoms with Crippen molar-refractivity contribution in [2.24, 2.45) is 0 Å². The van der Waals surface area contributed by atoms with E-state index >= 15 is 0 Å². The van der Waals surface area contributed by atoms with E-state index in [0.29, 0.717) is 6.42 Å². The van der Waals surface area contributed by atoms with E-state index in [9.17, 15) is 4.79 Å². The van der Waals surface area contributed by atoms with Gasteiger partial charge in [-0.1, -0.05) is 13.3 Å². The summed E-state index contributed by atoms with van der Waals surface area (Å²) >= 11 is 1.89. The summed E-state index contributed by atoms with van der Waals surface area (Å²) < 4.78 is 0. The Balaban J connectivity index is 3.02. The number of thioether (sulfide) groups is 1. The van der Waals surface area contributed by atoms with E-state index in [-0.39, 0.29) is 5.91 Å². The average Bonchev–Trinajstić information content (AvgIpc) is 2.11. The summed E-state index contributed by atoms with van der Waals surface area (Å²) in [6.45, 7) is 2.88. The Morgan fingerprint density at radius 2 is 2.08 bits per heavy atom. The zero-order chi connectivity index (χ0) is 9.94. The molecule has 78 valence electrons. The molecule has 0 spiro atoms. The summed E-state index contributed by atoms with van der Waals surface area (Å²) in [5, 5.41) is 2.91. The molecular formula is C10H21NOS. The second kappa shape index (κ2) is 9.90. The molecule has 0 aromatic carbocycles. The van der Waals surface area contributed by atoms with Crippen LogP contribution in [-0.4, -0.2) is 24.5 Å². The zero-order valence-corrected chi connectivity index (χ0v) is 9.58. The van der Waals surface area contributed by atoms with E-state index in [4.69, 9.17) is 0 Å². The van der Waals surface area contributed by atoms with Crippen molar-refractivity contribution >= 4 is 17.7 Å². The second-order valence-corrected chi connectivity index (χ2v) is 4.14. The molecule has 0 aromatic rings. The lowest BCUT2D eigenvalue weighted by molar-refractivity contribution is -0.121. The van der Waals surface area contributed by atoms with Gasteiger partial charge in [0.2, 0.25) is 5.91 Å². The third kappa shape index (κ3) is 9.74. The molecule has 0 aromatic heterocycles. The number of nitrogens with one attached hydrogen (secondary N) is 1. The third-order valence-corrected chi connectivity index (χ3v) is 2.52. The van der Waals surface area contributed by atoms with Crippen LogP contribution in [0.15, 0.2) is 0 Å². The van der Waals surface area contributed by atoms with Gasteiger partial charge in [0, 0.05) is 13.0 Å². The maximum Gasteiger partial charge on any atom is 0.219 e. The summed E-state index contributed by atoms with van der Waals surface area (Å²) in [7, 11) is 0. The predicted octanol–water partition coefficient (Wildman–Crippen LogP) is 2.44.